The fraction of sp³-hybridized carbons (Fsp3) is 0.500. The number of nitrogens with zero attached hydrogens (tertiary/aromatic N) is 1. The molecule has 0 bridgehead atoms. The Morgan fingerprint density at radius 3 is 2.56 bits per heavy atom. The second kappa shape index (κ2) is 5.14. The van der Waals surface area contributed by atoms with Gasteiger partial charge >= 0.3 is 0 Å². The van der Waals surface area contributed by atoms with Crippen LogP contribution in [0, 0.1) is 12.0 Å². The van der Waals surface area contributed by atoms with Crippen LogP contribution >= 0.6 is 0 Å². The third kappa shape index (κ3) is 2.62. The number of hydrogen-bond acceptors (Lipinski definition) is 1. The Kier molecular flexibility index (Phi) is 3.58. The Morgan fingerprint density at radius 2 is 2.00 bits per heavy atom. The summed E-state index contributed by atoms with van der Waals surface area (Å²) >= 11 is 0. The smallest absolute Gasteiger partial charge is 0.222 e. The molecule has 1 fully saturated rings. The molecule has 16 heavy (non-hydrogen) atoms. The van der Waals surface area contributed by atoms with Gasteiger partial charge in [-0.25, -0.2) is 6.57 Å². The lowest BCUT2D eigenvalue weighted by atomic mass is 9.69. The molecule has 84 valence electrons. The van der Waals surface area contributed by atoms with Crippen LogP contribution in [0.4, 0.5) is 0 Å². The van der Waals surface area contributed by atoms with E-state index in [1.165, 1.54) is 12.0 Å². The largest absolute Gasteiger partial charge is 0.376 e. The molecule has 0 aromatic heterocycles. The third-order valence-corrected chi connectivity index (χ3v) is 3.35. The second-order valence-electron chi connectivity index (χ2n) is 4.65. The molecule has 0 aliphatic heterocycles. The third-order valence-electron chi connectivity index (χ3n) is 3.35. The van der Waals surface area contributed by atoms with Crippen LogP contribution in [0.2, 0.25) is 0 Å². The normalized spacial score (nSPS) is 17.4. The van der Waals surface area contributed by atoms with Crippen LogP contribution in [-0.2, 0) is 11.3 Å². The Hall–Kier alpha value is -1.33. The fourth-order valence-electron chi connectivity index (χ4n) is 2.15. The van der Waals surface area contributed by atoms with E-state index in [-0.39, 0.29) is 5.41 Å². The van der Waals surface area contributed by atoms with Crippen LogP contribution in [-0.4, -0.2) is 13.2 Å². The van der Waals surface area contributed by atoms with Crippen molar-refractivity contribution >= 4 is 0 Å². The number of benzene rings is 1. The molecule has 0 heterocycles. The molecule has 2 heteroatoms. The summed E-state index contributed by atoms with van der Waals surface area (Å²) in [5.74, 6) is 0. The SMILES string of the molecule is [C-]#[N+]CC1(COCc2ccccc2)CCC1. The summed E-state index contributed by atoms with van der Waals surface area (Å²) in [5.41, 5.74) is 1.39. The molecule has 1 aliphatic carbocycles. The van der Waals surface area contributed by atoms with E-state index in [1.807, 2.05) is 18.2 Å². The van der Waals surface area contributed by atoms with Crippen LogP contribution in [0.5, 0.6) is 0 Å². The minimum Gasteiger partial charge on any atom is -0.376 e. The van der Waals surface area contributed by atoms with Crippen molar-refractivity contribution in [2.24, 2.45) is 5.41 Å². The first-order chi connectivity index (χ1) is 7.85. The Bertz CT molecular complexity index is 362. The summed E-state index contributed by atoms with van der Waals surface area (Å²) in [5, 5.41) is 0. The summed E-state index contributed by atoms with van der Waals surface area (Å²) in [6.07, 6.45) is 3.57. The van der Waals surface area contributed by atoms with E-state index in [9.17, 15) is 0 Å². The van der Waals surface area contributed by atoms with Gasteiger partial charge in [0.05, 0.1) is 18.6 Å². The van der Waals surface area contributed by atoms with Gasteiger partial charge in [-0.2, -0.15) is 0 Å². The van der Waals surface area contributed by atoms with Crippen LogP contribution in [0.3, 0.4) is 0 Å². The van der Waals surface area contributed by atoms with E-state index in [0.717, 1.165) is 19.4 Å². The molecule has 0 radical (unpaired) electrons. The molecule has 1 aromatic rings. The average Bonchev–Trinajstić information content (AvgIpc) is 2.27. The predicted molar refractivity (Wildman–Crippen MR) is 63.9 cm³/mol. The van der Waals surface area contributed by atoms with E-state index < -0.39 is 0 Å². The maximum Gasteiger partial charge on any atom is 0.222 e. The molecule has 0 amide bonds. The lowest BCUT2D eigenvalue weighted by Crippen LogP contribution is -2.36. The second-order valence-corrected chi connectivity index (χ2v) is 4.65. The van der Waals surface area contributed by atoms with Crippen molar-refractivity contribution in [2.75, 3.05) is 13.2 Å². The zero-order valence-corrected chi connectivity index (χ0v) is 9.48. The maximum atomic E-state index is 6.96. The van der Waals surface area contributed by atoms with Crippen molar-refractivity contribution in [1.29, 1.82) is 0 Å². The molecular formula is C14H17NO. The van der Waals surface area contributed by atoms with Gasteiger partial charge in [0.25, 0.3) is 0 Å². The summed E-state index contributed by atoms with van der Waals surface area (Å²) in [6.45, 7) is 9.00. The van der Waals surface area contributed by atoms with Gasteiger partial charge in [0, 0.05) is 0 Å². The molecule has 0 N–H and O–H groups in total. The number of ether oxygens (including phenoxy) is 1. The maximum absolute atomic E-state index is 6.96. The predicted octanol–water partition coefficient (Wildman–Crippen LogP) is 3.29. The van der Waals surface area contributed by atoms with E-state index in [0.29, 0.717) is 13.2 Å². The fourth-order valence-corrected chi connectivity index (χ4v) is 2.15. The van der Waals surface area contributed by atoms with E-state index in [2.05, 4.69) is 17.0 Å². The first-order valence-electron chi connectivity index (χ1n) is 5.80. The highest BCUT2D eigenvalue weighted by molar-refractivity contribution is 5.13. The van der Waals surface area contributed by atoms with Crippen molar-refractivity contribution < 1.29 is 4.74 Å². The molecule has 0 spiro atoms. The summed E-state index contributed by atoms with van der Waals surface area (Å²) < 4.78 is 5.74. The van der Waals surface area contributed by atoms with Crippen LogP contribution in [0.1, 0.15) is 24.8 Å². The lowest BCUT2D eigenvalue weighted by molar-refractivity contribution is -0.00303. The van der Waals surface area contributed by atoms with Crippen LogP contribution < -0.4 is 0 Å². The van der Waals surface area contributed by atoms with Crippen molar-refractivity contribution in [3.05, 3.63) is 47.3 Å². The van der Waals surface area contributed by atoms with Gasteiger partial charge < -0.3 is 9.58 Å². The topological polar surface area (TPSA) is 13.6 Å². The van der Waals surface area contributed by atoms with Gasteiger partial charge in [0.2, 0.25) is 6.54 Å². The van der Waals surface area contributed by atoms with Crippen LogP contribution in [0.25, 0.3) is 4.85 Å². The highest BCUT2D eigenvalue weighted by Crippen LogP contribution is 2.41. The van der Waals surface area contributed by atoms with Crippen molar-refractivity contribution in [3.8, 4) is 0 Å². The standard InChI is InChI=1S/C14H17NO/c1-15-11-14(8-5-9-14)12-16-10-13-6-3-2-4-7-13/h2-4,6-7H,5,8-12H2. The van der Waals surface area contributed by atoms with E-state index >= 15 is 0 Å². The highest BCUT2D eigenvalue weighted by Gasteiger charge is 2.40. The molecule has 1 saturated carbocycles. The molecule has 0 saturated heterocycles. The van der Waals surface area contributed by atoms with E-state index in [1.54, 1.807) is 0 Å². The molecule has 0 unspecified atom stereocenters. The zero-order valence-electron chi connectivity index (χ0n) is 9.48. The summed E-state index contributed by atoms with van der Waals surface area (Å²) in [7, 11) is 0. The first kappa shape index (κ1) is 11.2. The van der Waals surface area contributed by atoms with Crippen molar-refractivity contribution in [1.82, 2.24) is 0 Å². The molecular weight excluding hydrogens is 198 g/mol. The minimum absolute atomic E-state index is 0.177. The molecule has 2 nitrogen and oxygen atoms in total. The Balaban J connectivity index is 1.77. The van der Waals surface area contributed by atoms with Gasteiger partial charge in [-0.1, -0.05) is 36.8 Å². The Labute approximate surface area is 97.1 Å². The average molecular weight is 215 g/mol. The monoisotopic (exact) mass is 215 g/mol. The van der Waals surface area contributed by atoms with Gasteiger partial charge in [0.15, 0.2) is 0 Å². The highest BCUT2D eigenvalue weighted by atomic mass is 16.5. The summed E-state index contributed by atoms with van der Waals surface area (Å²) in [4.78, 5) is 3.53. The molecule has 2 rings (SSSR count). The van der Waals surface area contributed by atoms with Gasteiger partial charge in [0.1, 0.15) is 0 Å². The molecule has 0 atom stereocenters. The minimum atomic E-state index is 0.177. The van der Waals surface area contributed by atoms with Gasteiger partial charge in [-0.05, 0) is 18.4 Å². The summed E-state index contributed by atoms with van der Waals surface area (Å²) in [6, 6.07) is 10.2. The van der Waals surface area contributed by atoms with Crippen molar-refractivity contribution in [2.45, 2.75) is 25.9 Å². The first-order valence-corrected chi connectivity index (χ1v) is 5.80. The lowest BCUT2D eigenvalue weighted by Gasteiger charge is -2.36. The number of hydrogen-bond donors (Lipinski definition) is 0. The Morgan fingerprint density at radius 1 is 1.25 bits per heavy atom. The van der Waals surface area contributed by atoms with Crippen molar-refractivity contribution in [3.63, 3.8) is 0 Å². The number of rotatable bonds is 5. The van der Waals surface area contributed by atoms with E-state index in [4.69, 9.17) is 11.3 Å². The van der Waals surface area contributed by atoms with Gasteiger partial charge in [-0.15, -0.1) is 0 Å². The van der Waals surface area contributed by atoms with Gasteiger partial charge in [-0.3, -0.25) is 0 Å². The quantitative estimate of drug-likeness (QED) is 0.687. The molecule has 1 aliphatic rings. The van der Waals surface area contributed by atoms with Crippen LogP contribution in [0.15, 0.2) is 30.3 Å². The molecule has 1 aromatic carbocycles. The zero-order chi connectivity index (χ0) is 11.3.